The van der Waals surface area contributed by atoms with Crippen molar-refractivity contribution < 1.29 is 0 Å². The molecule has 0 saturated carbocycles. The molecule has 5 heteroatoms. The molecule has 0 amide bonds. The van der Waals surface area contributed by atoms with Crippen LogP contribution in [0.4, 0.5) is 5.95 Å². The number of aryl methyl sites for hydroxylation is 1. The maximum atomic E-state index is 4.71. The average Bonchev–Trinajstić information content (AvgIpc) is 2.48. The Morgan fingerprint density at radius 1 is 0.952 bits per heavy atom. The minimum absolute atomic E-state index is 0.409. The highest BCUT2D eigenvalue weighted by Gasteiger charge is 2.31. The second kappa shape index (κ2) is 4.77. The number of hydrogen-bond acceptors (Lipinski definition) is 5. The van der Waals surface area contributed by atoms with E-state index >= 15 is 0 Å². The minimum atomic E-state index is 0.409. The van der Waals surface area contributed by atoms with Crippen molar-refractivity contribution in [2.24, 2.45) is 0 Å². The van der Waals surface area contributed by atoms with Crippen molar-refractivity contribution in [2.75, 3.05) is 18.0 Å². The van der Waals surface area contributed by atoms with Gasteiger partial charge in [-0.2, -0.15) is 0 Å². The lowest BCUT2D eigenvalue weighted by Gasteiger charge is -2.38. The Labute approximate surface area is 122 Å². The first-order chi connectivity index (χ1) is 10.3. The predicted octanol–water partition coefficient (Wildman–Crippen LogP) is 2.33. The monoisotopic (exact) mass is 277 g/mol. The number of para-hydroxylation sites is 2. The highest BCUT2D eigenvalue weighted by molar-refractivity contribution is 5.73. The Balaban J connectivity index is 1.52. The molecule has 1 saturated heterocycles. The van der Waals surface area contributed by atoms with Gasteiger partial charge in [-0.15, -0.1) is 0 Å². The van der Waals surface area contributed by atoms with E-state index < -0.39 is 0 Å². The van der Waals surface area contributed by atoms with Crippen molar-refractivity contribution in [1.29, 1.82) is 0 Å². The number of aromatic nitrogens is 4. The molecule has 1 aliphatic heterocycles. The van der Waals surface area contributed by atoms with Crippen LogP contribution >= 0.6 is 0 Å². The molecule has 2 aromatic heterocycles. The zero-order valence-corrected chi connectivity index (χ0v) is 11.8. The number of nitrogens with zero attached hydrogens (tertiary/aromatic N) is 5. The quantitative estimate of drug-likeness (QED) is 0.719. The lowest BCUT2D eigenvalue weighted by atomic mass is 9.97. The summed E-state index contributed by atoms with van der Waals surface area (Å²) in [6, 6.07) is 7.97. The van der Waals surface area contributed by atoms with Crippen molar-refractivity contribution in [2.45, 2.75) is 12.8 Å². The highest BCUT2D eigenvalue weighted by atomic mass is 15.3. The van der Waals surface area contributed by atoms with Gasteiger partial charge in [0.15, 0.2) is 0 Å². The van der Waals surface area contributed by atoms with Gasteiger partial charge in [-0.05, 0) is 24.6 Å². The molecule has 3 heterocycles. The largest absolute Gasteiger partial charge is 0.339 e. The highest BCUT2D eigenvalue weighted by Crippen LogP contribution is 2.28. The van der Waals surface area contributed by atoms with Crippen LogP contribution in [0.5, 0.6) is 0 Å². The maximum absolute atomic E-state index is 4.71. The number of fused-ring (bicyclic) bond motifs is 1. The Bertz CT molecular complexity index is 778. The molecule has 104 valence electrons. The van der Waals surface area contributed by atoms with Crippen molar-refractivity contribution in [1.82, 2.24) is 19.9 Å². The van der Waals surface area contributed by atoms with E-state index in [-0.39, 0.29) is 0 Å². The smallest absolute Gasteiger partial charge is 0.225 e. The molecule has 0 aliphatic carbocycles. The van der Waals surface area contributed by atoms with Gasteiger partial charge >= 0.3 is 0 Å². The molecule has 21 heavy (non-hydrogen) atoms. The van der Waals surface area contributed by atoms with Crippen LogP contribution in [0.25, 0.3) is 11.0 Å². The molecule has 1 aromatic carbocycles. The van der Waals surface area contributed by atoms with Gasteiger partial charge in [-0.1, -0.05) is 12.1 Å². The second-order valence-electron chi connectivity index (χ2n) is 5.45. The van der Waals surface area contributed by atoms with Crippen molar-refractivity contribution in [3.8, 4) is 0 Å². The molecule has 0 spiro atoms. The number of benzene rings is 1. The van der Waals surface area contributed by atoms with Crippen LogP contribution in [0.3, 0.4) is 0 Å². The van der Waals surface area contributed by atoms with Crippen molar-refractivity contribution in [3.63, 3.8) is 0 Å². The van der Waals surface area contributed by atoms with E-state index in [0.29, 0.717) is 5.92 Å². The predicted molar refractivity (Wildman–Crippen MR) is 81.3 cm³/mol. The molecule has 3 aromatic rings. The summed E-state index contributed by atoms with van der Waals surface area (Å²) in [4.78, 5) is 20.1. The summed E-state index contributed by atoms with van der Waals surface area (Å²) in [6.45, 7) is 3.79. The lowest BCUT2D eigenvalue weighted by molar-refractivity contribution is 0.503. The number of hydrogen-bond donors (Lipinski definition) is 0. The number of anilines is 1. The third-order valence-electron chi connectivity index (χ3n) is 3.82. The van der Waals surface area contributed by atoms with Gasteiger partial charge in [-0.3, -0.25) is 4.98 Å². The Hall–Kier alpha value is -2.56. The van der Waals surface area contributed by atoms with Gasteiger partial charge in [0.2, 0.25) is 5.95 Å². The van der Waals surface area contributed by atoms with Gasteiger partial charge < -0.3 is 4.90 Å². The third kappa shape index (κ3) is 2.20. The van der Waals surface area contributed by atoms with Crippen LogP contribution in [0.15, 0.2) is 42.9 Å². The van der Waals surface area contributed by atoms with Crippen LogP contribution in [-0.2, 0) is 0 Å². The zero-order valence-electron chi connectivity index (χ0n) is 11.8. The molecule has 0 atom stereocenters. The SMILES string of the molecule is Cc1cnc(N2CC(c3cnc4ccccc4n3)C2)nc1. The molecule has 0 bridgehead atoms. The van der Waals surface area contributed by atoms with Gasteiger partial charge in [0.05, 0.1) is 16.7 Å². The molecule has 5 nitrogen and oxygen atoms in total. The van der Waals surface area contributed by atoms with Gasteiger partial charge in [0, 0.05) is 37.6 Å². The fraction of sp³-hybridized carbons (Fsp3) is 0.250. The van der Waals surface area contributed by atoms with Crippen LogP contribution in [0.2, 0.25) is 0 Å². The number of rotatable bonds is 2. The van der Waals surface area contributed by atoms with E-state index in [1.807, 2.05) is 49.8 Å². The molecule has 4 rings (SSSR count). The average molecular weight is 277 g/mol. The van der Waals surface area contributed by atoms with Gasteiger partial charge in [0.25, 0.3) is 0 Å². The zero-order chi connectivity index (χ0) is 14.2. The maximum Gasteiger partial charge on any atom is 0.225 e. The van der Waals surface area contributed by atoms with Crippen LogP contribution in [0, 0.1) is 6.92 Å². The molecule has 0 unspecified atom stereocenters. The minimum Gasteiger partial charge on any atom is -0.339 e. The summed E-state index contributed by atoms with van der Waals surface area (Å²) in [6.07, 6.45) is 5.59. The fourth-order valence-electron chi connectivity index (χ4n) is 2.55. The Morgan fingerprint density at radius 3 is 2.43 bits per heavy atom. The molecule has 0 radical (unpaired) electrons. The molecule has 0 N–H and O–H groups in total. The van der Waals surface area contributed by atoms with E-state index in [1.54, 1.807) is 0 Å². The molecule has 1 fully saturated rings. The molecular formula is C16H15N5. The third-order valence-corrected chi connectivity index (χ3v) is 3.82. The first kappa shape index (κ1) is 12.2. The topological polar surface area (TPSA) is 54.8 Å². The summed E-state index contributed by atoms with van der Waals surface area (Å²) in [7, 11) is 0. The standard InChI is InChI=1S/C16H15N5/c1-11-6-18-16(19-7-11)21-9-12(10-21)15-8-17-13-4-2-3-5-14(13)20-15/h2-8,12H,9-10H2,1H3. The summed E-state index contributed by atoms with van der Waals surface area (Å²) >= 11 is 0. The van der Waals surface area contributed by atoms with E-state index in [1.165, 1.54) is 0 Å². The Kier molecular flexibility index (Phi) is 2.77. The van der Waals surface area contributed by atoms with E-state index in [0.717, 1.165) is 41.3 Å². The molecule has 1 aliphatic rings. The lowest BCUT2D eigenvalue weighted by Crippen LogP contribution is -2.46. The van der Waals surface area contributed by atoms with Crippen LogP contribution in [0.1, 0.15) is 17.2 Å². The van der Waals surface area contributed by atoms with Crippen LogP contribution in [-0.4, -0.2) is 33.0 Å². The first-order valence-corrected chi connectivity index (χ1v) is 7.05. The second-order valence-corrected chi connectivity index (χ2v) is 5.45. The molecular weight excluding hydrogens is 262 g/mol. The van der Waals surface area contributed by atoms with E-state index in [9.17, 15) is 0 Å². The first-order valence-electron chi connectivity index (χ1n) is 7.05. The summed E-state index contributed by atoms with van der Waals surface area (Å²) in [5.41, 5.74) is 4.03. The normalized spacial score (nSPS) is 15.2. The van der Waals surface area contributed by atoms with Gasteiger partial charge in [0.1, 0.15) is 0 Å². The van der Waals surface area contributed by atoms with Crippen LogP contribution < -0.4 is 4.90 Å². The summed E-state index contributed by atoms with van der Waals surface area (Å²) in [5, 5.41) is 0. The summed E-state index contributed by atoms with van der Waals surface area (Å²) < 4.78 is 0. The fourth-order valence-corrected chi connectivity index (χ4v) is 2.55. The van der Waals surface area contributed by atoms with E-state index in [4.69, 9.17) is 4.98 Å². The van der Waals surface area contributed by atoms with Gasteiger partial charge in [-0.25, -0.2) is 15.0 Å². The van der Waals surface area contributed by atoms with E-state index in [2.05, 4.69) is 19.9 Å². The van der Waals surface area contributed by atoms with Crippen molar-refractivity contribution >= 4 is 17.0 Å². The van der Waals surface area contributed by atoms with Crippen molar-refractivity contribution in [3.05, 3.63) is 54.1 Å². The summed E-state index contributed by atoms with van der Waals surface area (Å²) in [5.74, 6) is 1.21. The Morgan fingerprint density at radius 2 is 1.67 bits per heavy atom.